The van der Waals surface area contributed by atoms with Gasteiger partial charge in [0.05, 0.1) is 10.6 Å². The number of nitrogens with zero attached hydrogens (tertiary/aromatic N) is 2. The summed E-state index contributed by atoms with van der Waals surface area (Å²) in [6.07, 6.45) is 4.88. The summed E-state index contributed by atoms with van der Waals surface area (Å²) in [6.45, 7) is 7.75. The summed E-state index contributed by atoms with van der Waals surface area (Å²) in [7, 11) is -3.88. The van der Waals surface area contributed by atoms with Crippen molar-refractivity contribution >= 4 is 33.3 Å². The third kappa shape index (κ3) is 7.92. The Morgan fingerprint density at radius 3 is 1.97 bits per heavy atom. The van der Waals surface area contributed by atoms with E-state index in [4.69, 9.17) is 0 Å². The fourth-order valence-electron chi connectivity index (χ4n) is 4.21. The van der Waals surface area contributed by atoms with Crippen molar-refractivity contribution < 1.29 is 13.2 Å². The fourth-order valence-corrected chi connectivity index (χ4v) is 5.15. The maximum absolute atomic E-state index is 13.6. The molecule has 38 heavy (non-hydrogen) atoms. The number of hydrazine groups is 1. The van der Waals surface area contributed by atoms with Crippen LogP contribution >= 0.6 is 0 Å². The minimum Gasteiger partial charge on any atom is -0.371 e. The lowest BCUT2D eigenvalue weighted by Gasteiger charge is -2.35. The van der Waals surface area contributed by atoms with Crippen LogP contribution in [0.3, 0.4) is 0 Å². The average molecular weight is 539 g/mol. The van der Waals surface area contributed by atoms with Crippen molar-refractivity contribution in [2.75, 3.05) is 15.5 Å². The van der Waals surface area contributed by atoms with Crippen LogP contribution in [0.2, 0.25) is 0 Å². The Morgan fingerprint density at radius 1 is 0.842 bits per heavy atom. The lowest BCUT2D eigenvalue weighted by molar-refractivity contribution is -0.125. The Kier molecular flexibility index (Phi) is 10.1. The van der Waals surface area contributed by atoms with Crippen molar-refractivity contribution in [2.24, 2.45) is 0 Å². The first-order chi connectivity index (χ1) is 18.2. The number of anilines is 3. The van der Waals surface area contributed by atoms with Crippen LogP contribution in [0.15, 0.2) is 65.6 Å². The number of nitrogens with one attached hydrogen (secondary N) is 4. The molecule has 2 aromatic carbocycles. The summed E-state index contributed by atoms with van der Waals surface area (Å²) < 4.78 is 28.3. The molecule has 0 aliphatic carbocycles. The molecule has 0 saturated heterocycles. The zero-order chi connectivity index (χ0) is 27.6. The van der Waals surface area contributed by atoms with E-state index in [2.05, 4.69) is 44.7 Å². The van der Waals surface area contributed by atoms with E-state index in [1.807, 2.05) is 30.3 Å². The van der Waals surface area contributed by atoms with Gasteiger partial charge in [-0.1, -0.05) is 57.7 Å². The Balaban J connectivity index is 1.82. The van der Waals surface area contributed by atoms with Crippen LogP contribution in [-0.4, -0.2) is 29.8 Å². The van der Waals surface area contributed by atoms with Gasteiger partial charge in [-0.15, -0.1) is 0 Å². The standard InChI is InChI=1S/C28H38N6O3S/c1-5-7-18-28(19-8-6-2,26(35)33-32-24-12-10-9-11-13-24)31-23-14-16-25(17-15-23)38(36,37)34-27-29-21(3)20-22(4)30-27/h9-17,20,31-32H,5-8,18-19H2,1-4H3,(H,33,35)(H,29,30,34). The van der Waals surface area contributed by atoms with Gasteiger partial charge in [0, 0.05) is 17.1 Å². The zero-order valence-corrected chi connectivity index (χ0v) is 23.4. The molecule has 1 amide bonds. The lowest BCUT2D eigenvalue weighted by Crippen LogP contribution is -2.54. The average Bonchev–Trinajstić information content (AvgIpc) is 2.89. The van der Waals surface area contributed by atoms with E-state index >= 15 is 0 Å². The van der Waals surface area contributed by atoms with E-state index in [0.717, 1.165) is 31.4 Å². The first-order valence-corrected chi connectivity index (χ1v) is 14.5. The smallest absolute Gasteiger partial charge is 0.264 e. The molecule has 0 fully saturated rings. The molecule has 9 nitrogen and oxygen atoms in total. The highest BCUT2D eigenvalue weighted by Gasteiger charge is 2.37. The SMILES string of the molecule is CCCCC(CCCC)(Nc1ccc(S(=O)(=O)Nc2nc(C)cc(C)n2)cc1)C(=O)NNc1ccccc1. The second-order valence-corrected chi connectivity index (χ2v) is 11.1. The van der Waals surface area contributed by atoms with Crippen LogP contribution in [0.25, 0.3) is 0 Å². The van der Waals surface area contributed by atoms with Crippen molar-refractivity contribution in [3.05, 3.63) is 72.1 Å². The van der Waals surface area contributed by atoms with E-state index < -0.39 is 15.6 Å². The van der Waals surface area contributed by atoms with Gasteiger partial charge in [0.25, 0.3) is 15.9 Å². The quantitative estimate of drug-likeness (QED) is 0.198. The minimum atomic E-state index is -3.88. The first-order valence-electron chi connectivity index (χ1n) is 13.0. The molecule has 0 atom stereocenters. The molecule has 204 valence electrons. The molecule has 4 N–H and O–H groups in total. The van der Waals surface area contributed by atoms with E-state index in [9.17, 15) is 13.2 Å². The third-order valence-corrected chi connectivity index (χ3v) is 7.54. The summed E-state index contributed by atoms with van der Waals surface area (Å²) >= 11 is 0. The fraction of sp³-hybridized carbons (Fsp3) is 0.393. The van der Waals surface area contributed by atoms with Gasteiger partial charge in [0.2, 0.25) is 5.95 Å². The molecule has 0 aliphatic heterocycles. The van der Waals surface area contributed by atoms with E-state index in [1.54, 1.807) is 32.0 Å². The van der Waals surface area contributed by atoms with Crippen LogP contribution in [0.5, 0.6) is 0 Å². The topological polar surface area (TPSA) is 125 Å². The van der Waals surface area contributed by atoms with Crippen LogP contribution in [-0.2, 0) is 14.8 Å². The number of hydrogen-bond donors (Lipinski definition) is 4. The molecule has 1 heterocycles. The zero-order valence-electron chi connectivity index (χ0n) is 22.5. The van der Waals surface area contributed by atoms with Gasteiger partial charge in [-0.25, -0.2) is 23.1 Å². The monoisotopic (exact) mass is 538 g/mol. The van der Waals surface area contributed by atoms with Crippen LogP contribution in [0.4, 0.5) is 17.3 Å². The summed E-state index contributed by atoms with van der Waals surface area (Å²) in [5.74, 6) is -0.126. The highest BCUT2D eigenvalue weighted by Crippen LogP contribution is 2.28. The lowest BCUT2D eigenvalue weighted by atomic mass is 9.85. The molecule has 0 spiro atoms. The molecule has 0 radical (unpaired) electrons. The van der Waals surface area contributed by atoms with Gasteiger partial charge in [-0.05, 0) is 69.2 Å². The normalized spacial score (nSPS) is 11.6. The van der Waals surface area contributed by atoms with E-state index in [-0.39, 0.29) is 16.8 Å². The molecular formula is C28H38N6O3S. The molecule has 3 rings (SSSR count). The minimum absolute atomic E-state index is 0.0328. The van der Waals surface area contributed by atoms with Crippen molar-refractivity contribution in [2.45, 2.75) is 76.7 Å². The molecule has 0 unspecified atom stereocenters. The molecular weight excluding hydrogens is 500 g/mol. The number of hydrogen-bond acceptors (Lipinski definition) is 7. The number of aromatic nitrogens is 2. The molecule has 0 saturated carbocycles. The second kappa shape index (κ2) is 13.2. The number of sulfonamides is 1. The Bertz CT molecular complexity index is 1270. The predicted molar refractivity (Wildman–Crippen MR) is 152 cm³/mol. The third-order valence-electron chi connectivity index (χ3n) is 6.20. The molecule has 1 aromatic heterocycles. The number of carbonyl (C=O) groups excluding carboxylic acids is 1. The highest BCUT2D eigenvalue weighted by molar-refractivity contribution is 7.92. The van der Waals surface area contributed by atoms with Gasteiger partial charge >= 0.3 is 0 Å². The molecule has 3 aromatic rings. The van der Waals surface area contributed by atoms with Crippen molar-refractivity contribution in [3.8, 4) is 0 Å². The van der Waals surface area contributed by atoms with Crippen LogP contribution in [0, 0.1) is 13.8 Å². The summed E-state index contributed by atoms with van der Waals surface area (Å²) in [4.78, 5) is 22.0. The van der Waals surface area contributed by atoms with Crippen LogP contribution < -0.4 is 20.9 Å². The summed E-state index contributed by atoms with van der Waals surface area (Å²) in [5, 5.41) is 3.45. The van der Waals surface area contributed by atoms with E-state index in [1.165, 1.54) is 12.1 Å². The Morgan fingerprint density at radius 2 is 1.42 bits per heavy atom. The highest BCUT2D eigenvalue weighted by atomic mass is 32.2. The van der Waals surface area contributed by atoms with Gasteiger partial charge in [0.15, 0.2) is 0 Å². The molecule has 0 aliphatic rings. The number of amides is 1. The number of rotatable bonds is 14. The first kappa shape index (κ1) is 28.9. The number of para-hydroxylation sites is 1. The molecule has 0 bridgehead atoms. The predicted octanol–water partition coefficient (Wildman–Crippen LogP) is 5.57. The maximum Gasteiger partial charge on any atom is 0.264 e. The Labute approximate surface area is 225 Å². The molecule has 10 heteroatoms. The maximum atomic E-state index is 13.6. The number of benzene rings is 2. The van der Waals surface area contributed by atoms with Crippen LogP contribution in [0.1, 0.15) is 63.8 Å². The van der Waals surface area contributed by atoms with E-state index in [0.29, 0.717) is 29.9 Å². The van der Waals surface area contributed by atoms with Crippen molar-refractivity contribution in [3.63, 3.8) is 0 Å². The van der Waals surface area contributed by atoms with Crippen molar-refractivity contribution in [1.82, 2.24) is 15.4 Å². The van der Waals surface area contributed by atoms with Gasteiger partial charge < -0.3 is 5.32 Å². The number of aryl methyl sites for hydroxylation is 2. The Hall–Kier alpha value is -3.66. The number of unbranched alkanes of at least 4 members (excludes halogenated alkanes) is 2. The van der Waals surface area contributed by atoms with Gasteiger partial charge in [-0.2, -0.15) is 0 Å². The second-order valence-electron chi connectivity index (χ2n) is 9.46. The summed E-state index contributed by atoms with van der Waals surface area (Å²) in [5.41, 5.74) is 7.82. The number of carbonyl (C=O) groups is 1. The van der Waals surface area contributed by atoms with Crippen molar-refractivity contribution in [1.29, 1.82) is 0 Å². The largest absolute Gasteiger partial charge is 0.371 e. The van der Waals surface area contributed by atoms with Gasteiger partial charge in [-0.3, -0.25) is 15.6 Å². The summed E-state index contributed by atoms with van der Waals surface area (Å²) in [6, 6.07) is 17.6. The van der Waals surface area contributed by atoms with Gasteiger partial charge in [0.1, 0.15) is 5.54 Å².